The molecule has 2 aromatic rings. The van der Waals surface area contributed by atoms with Gasteiger partial charge in [-0.3, -0.25) is 9.69 Å². The Morgan fingerprint density at radius 3 is 2.85 bits per heavy atom. The van der Waals surface area contributed by atoms with Crippen LogP contribution in [0.4, 0.5) is 10.9 Å². The second kappa shape index (κ2) is 7.20. The highest BCUT2D eigenvalue weighted by Crippen LogP contribution is 2.41. The summed E-state index contributed by atoms with van der Waals surface area (Å²) >= 11 is 1.57. The first-order valence-electron chi connectivity index (χ1n) is 9.56. The number of rotatable bonds is 4. The molecule has 2 aromatic heterocycles. The predicted molar refractivity (Wildman–Crippen MR) is 109 cm³/mol. The Kier molecular flexibility index (Phi) is 4.90. The molecule has 1 unspecified atom stereocenters. The third-order valence-electron chi connectivity index (χ3n) is 5.58. The van der Waals surface area contributed by atoms with Crippen molar-refractivity contribution < 1.29 is 4.79 Å². The number of carbonyl (C=O) groups excluding carboxylic acids is 1. The summed E-state index contributed by atoms with van der Waals surface area (Å²) in [5.41, 5.74) is 2.76. The van der Waals surface area contributed by atoms with Gasteiger partial charge in [-0.05, 0) is 50.9 Å². The van der Waals surface area contributed by atoms with Gasteiger partial charge in [-0.2, -0.15) is 0 Å². The van der Waals surface area contributed by atoms with E-state index in [1.54, 1.807) is 11.3 Å². The molecule has 2 saturated heterocycles. The molecule has 1 amide bonds. The lowest BCUT2D eigenvalue weighted by molar-refractivity contribution is -0.114. The van der Waals surface area contributed by atoms with Gasteiger partial charge in [-0.25, -0.2) is 9.97 Å². The first-order chi connectivity index (χ1) is 12.9. The molecule has 4 heterocycles. The zero-order valence-corrected chi connectivity index (χ0v) is 17.1. The Labute approximate surface area is 164 Å². The number of likely N-dealkylation sites (tertiary alicyclic amines) is 1. The molecule has 2 fully saturated rings. The monoisotopic (exact) mass is 385 g/mol. The maximum absolute atomic E-state index is 11.2. The minimum Gasteiger partial charge on any atom is -0.356 e. The first-order valence-corrected chi connectivity index (χ1v) is 10.4. The molecule has 144 valence electrons. The van der Waals surface area contributed by atoms with Gasteiger partial charge in [-0.15, -0.1) is 11.3 Å². The average molecular weight is 386 g/mol. The van der Waals surface area contributed by atoms with Crippen molar-refractivity contribution in [3.05, 3.63) is 34.5 Å². The Balaban J connectivity index is 1.37. The Bertz CT molecular complexity index is 830. The summed E-state index contributed by atoms with van der Waals surface area (Å²) in [6.07, 6.45) is 4.37. The van der Waals surface area contributed by atoms with Crippen LogP contribution < -0.4 is 10.2 Å². The molecule has 1 atom stereocenters. The van der Waals surface area contributed by atoms with Crippen molar-refractivity contribution in [3.63, 3.8) is 0 Å². The molecule has 0 bridgehead atoms. The molecular weight excluding hydrogens is 358 g/mol. The van der Waals surface area contributed by atoms with Crippen LogP contribution in [-0.4, -0.2) is 47.0 Å². The van der Waals surface area contributed by atoms with Crippen LogP contribution in [0.15, 0.2) is 18.3 Å². The fourth-order valence-electron chi connectivity index (χ4n) is 4.42. The number of hydrogen-bond donors (Lipinski definition) is 1. The van der Waals surface area contributed by atoms with Crippen LogP contribution in [0.3, 0.4) is 0 Å². The average Bonchev–Trinajstić information content (AvgIpc) is 3.29. The van der Waals surface area contributed by atoms with Crippen LogP contribution in [0.2, 0.25) is 0 Å². The topological polar surface area (TPSA) is 61.4 Å². The van der Waals surface area contributed by atoms with Gasteiger partial charge in [0.15, 0.2) is 5.13 Å². The van der Waals surface area contributed by atoms with Crippen molar-refractivity contribution in [3.8, 4) is 0 Å². The molecular formula is C20H27N5OS. The SMILES string of the molecule is CC(=O)Nc1ncc(CN2CCC3(CCN(c4cc(C)cc(C)n4)C3)C2)s1. The molecule has 0 saturated carbocycles. The fraction of sp³-hybridized carbons (Fsp3) is 0.550. The molecule has 6 nitrogen and oxygen atoms in total. The number of anilines is 2. The van der Waals surface area contributed by atoms with E-state index < -0.39 is 0 Å². The number of hydrogen-bond acceptors (Lipinski definition) is 6. The van der Waals surface area contributed by atoms with Crippen LogP contribution in [-0.2, 0) is 11.3 Å². The van der Waals surface area contributed by atoms with Crippen molar-refractivity contribution >= 4 is 28.2 Å². The number of nitrogens with one attached hydrogen (secondary N) is 1. The van der Waals surface area contributed by atoms with Crippen molar-refractivity contribution in [1.82, 2.24) is 14.9 Å². The first kappa shape index (κ1) is 18.4. The lowest BCUT2D eigenvalue weighted by Gasteiger charge is -2.25. The lowest BCUT2D eigenvalue weighted by atomic mass is 9.86. The third kappa shape index (κ3) is 4.14. The Morgan fingerprint density at radius 1 is 1.26 bits per heavy atom. The van der Waals surface area contributed by atoms with E-state index in [9.17, 15) is 4.79 Å². The molecule has 2 aliphatic heterocycles. The van der Waals surface area contributed by atoms with Crippen molar-refractivity contribution in [2.75, 3.05) is 36.4 Å². The van der Waals surface area contributed by atoms with E-state index >= 15 is 0 Å². The zero-order valence-electron chi connectivity index (χ0n) is 16.3. The third-order valence-corrected chi connectivity index (χ3v) is 6.48. The number of pyridine rings is 1. The molecule has 0 aromatic carbocycles. The standard InChI is InChI=1S/C20H27N5OS/c1-14-8-15(2)22-18(9-14)25-7-5-20(13-25)4-6-24(12-20)11-17-10-21-19(27-17)23-16(3)26/h8-10H,4-7,11-13H2,1-3H3,(H,21,23,26). The highest BCUT2D eigenvalue weighted by Gasteiger charge is 2.43. The highest BCUT2D eigenvalue weighted by molar-refractivity contribution is 7.15. The lowest BCUT2D eigenvalue weighted by Crippen LogP contribution is -2.31. The van der Waals surface area contributed by atoms with Crippen LogP contribution in [0.5, 0.6) is 0 Å². The predicted octanol–water partition coefficient (Wildman–Crippen LogP) is 3.22. The maximum atomic E-state index is 11.2. The van der Waals surface area contributed by atoms with Gasteiger partial charge in [0.25, 0.3) is 0 Å². The van der Waals surface area contributed by atoms with Crippen LogP contribution in [0.25, 0.3) is 0 Å². The quantitative estimate of drug-likeness (QED) is 0.876. The van der Waals surface area contributed by atoms with E-state index in [0.29, 0.717) is 10.5 Å². The molecule has 2 aliphatic rings. The molecule has 0 radical (unpaired) electrons. The van der Waals surface area contributed by atoms with Crippen molar-refractivity contribution in [2.24, 2.45) is 5.41 Å². The number of carbonyl (C=O) groups is 1. The summed E-state index contributed by atoms with van der Waals surface area (Å²) < 4.78 is 0. The number of amides is 1. The van der Waals surface area contributed by atoms with Crippen LogP contribution in [0, 0.1) is 19.3 Å². The second-order valence-electron chi connectivity index (χ2n) is 8.09. The number of thiazole rings is 1. The largest absolute Gasteiger partial charge is 0.356 e. The van der Waals surface area contributed by atoms with E-state index in [2.05, 4.69) is 46.1 Å². The van der Waals surface area contributed by atoms with Gasteiger partial charge in [-0.1, -0.05) is 0 Å². The van der Waals surface area contributed by atoms with Gasteiger partial charge >= 0.3 is 0 Å². The molecule has 4 rings (SSSR count). The number of aromatic nitrogens is 2. The fourth-order valence-corrected chi connectivity index (χ4v) is 5.32. The summed E-state index contributed by atoms with van der Waals surface area (Å²) in [5, 5.41) is 3.46. The summed E-state index contributed by atoms with van der Waals surface area (Å²) in [7, 11) is 0. The van der Waals surface area contributed by atoms with E-state index in [-0.39, 0.29) is 5.91 Å². The van der Waals surface area contributed by atoms with Crippen LogP contribution in [0.1, 0.15) is 35.9 Å². The Hall–Kier alpha value is -1.99. The molecule has 1 N–H and O–H groups in total. The smallest absolute Gasteiger partial charge is 0.223 e. The summed E-state index contributed by atoms with van der Waals surface area (Å²) in [4.78, 5) is 26.4. The zero-order chi connectivity index (χ0) is 19.0. The van der Waals surface area contributed by atoms with E-state index in [1.807, 2.05) is 6.20 Å². The second-order valence-corrected chi connectivity index (χ2v) is 9.20. The number of nitrogens with zero attached hydrogens (tertiary/aromatic N) is 4. The van der Waals surface area contributed by atoms with Crippen LogP contribution >= 0.6 is 11.3 Å². The Morgan fingerprint density at radius 2 is 2.07 bits per heavy atom. The minimum atomic E-state index is -0.0675. The van der Waals surface area contributed by atoms with Crippen molar-refractivity contribution in [1.29, 1.82) is 0 Å². The van der Waals surface area contributed by atoms with Crippen molar-refractivity contribution in [2.45, 2.75) is 40.2 Å². The highest BCUT2D eigenvalue weighted by atomic mass is 32.1. The normalized spacial score (nSPS) is 22.7. The van der Waals surface area contributed by atoms with E-state index in [4.69, 9.17) is 4.98 Å². The minimum absolute atomic E-state index is 0.0675. The summed E-state index contributed by atoms with van der Waals surface area (Å²) in [5.74, 6) is 1.06. The number of aryl methyl sites for hydroxylation is 2. The van der Waals surface area contributed by atoms with Gasteiger partial charge in [0, 0.05) is 55.3 Å². The van der Waals surface area contributed by atoms with Gasteiger partial charge < -0.3 is 10.2 Å². The molecule has 7 heteroatoms. The van der Waals surface area contributed by atoms with Gasteiger partial charge in [0.05, 0.1) is 0 Å². The molecule has 1 spiro atoms. The van der Waals surface area contributed by atoms with E-state index in [0.717, 1.165) is 44.2 Å². The van der Waals surface area contributed by atoms with E-state index in [1.165, 1.54) is 30.2 Å². The molecule has 27 heavy (non-hydrogen) atoms. The summed E-state index contributed by atoms with van der Waals surface area (Å²) in [6, 6.07) is 4.34. The maximum Gasteiger partial charge on any atom is 0.223 e. The van der Waals surface area contributed by atoms with Gasteiger partial charge in [0.1, 0.15) is 5.82 Å². The molecule has 0 aliphatic carbocycles. The van der Waals surface area contributed by atoms with Gasteiger partial charge in [0.2, 0.25) is 5.91 Å². The summed E-state index contributed by atoms with van der Waals surface area (Å²) in [6.45, 7) is 11.1.